The number of ether oxygens (including phenoxy) is 1. The van der Waals surface area contributed by atoms with Gasteiger partial charge < -0.3 is 20.1 Å². The average Bonchev–Trinajstić information content (AvgIpc) is 2.37. The van der Waals surface area contributed by atoms with Crippen LogP contribution in [0.1, 0.15) is 33.6 Å². The van der Waals surface area contributed by atoms with Crippen molar-refractivity contribution in [1.82, 2.24) is 10.2 Å². The number of carbonyl (C=O) groups excluding carboxylic acids is 2. The third-order valence-electron chi connectivity index (χ3n) is 3.10. The first-order chi connectivity index (χ1) is 9.17. The van der Waals surface area contributed by atoms with Crippen LogP contribution in [0, 0.1) is 5.92 Å². The van der Waals surface area contributed by atoms with Crippen LogP contribution < -0.4 is 5.32 Å². The number of urea groups is 1. The van der Waals surface area contributed by atoms with E-state index in [9.17, 15) is 19.5 Å². The largest absolute Gasteiger partial charge is 0.480 e. The molecule has 2 N–H and O–H groups in total. The Labute approximate surface area is 119 Å². The van der Waals surface area contributed by atoms with Crippen LogP contribution in [0.4, 0.5) is 4.79 Å². The molecule has 0 aliphatic rings. The fraction of sp³-hybridized carbons (Fsp3) is 0.769. The van der Waals surface area contributed by atoms with E-state index in [1.807, 2.05) is 6.92 Å². The van der Waals surface area contributed by atoms with Crippen LogP contribution in [-0.2, 0) is 14.3 Å². The lowest BCUT2D eigenvalue weighted by atomic mass is 9.96. The molecular weight excluding hydrogens is 264 g/mol. The van der Waals surface area contributed by atoms with E-state index >= 15 is 0 Å². The molecule has 0 aromatic carbocycles. The van der Waals surface area contributed by atoms with Crippen molar-refractivity contribution in [2.75, 3.05) is 20.7 Å². The van der Waals surface area contributed by atoms with Crippen LogP contribution >= 0.6 is 0 Å². The lowest BCUT2D eigenvalue weighted by Gasteiger charge is -2.29. The number of carboxylic acids is 1. The van der Waals surface area contributed by atoms with E-state index < -0.39 is 29.4 Å². The van der Waals surface area contributed by atoms with Crippen LogP contribution in [0.15, 0.2) is 0 Å². The summed E-state index contributed by atoms with van der Waals surface area (Å²) in [6.45, 7) is 5.10. The second-order valence-electron chi connectivity index (χ2n) is 5.12. The number of hydrogen-bond donors (Lipinski definition) is 2. The summed E-state index contributed by atoms with van der Waals surface area (Å²) in [7, 11) is 2.78. The smallest absolute Gasteiger partial charge is 0.329 e. The van der Waals surface area contributed by atoms with Gasteiger partial charge in [0.15, 0.2) is 0 Å². The van der Waals surface area contributed by atoms with Crippen molar-refractivity contribution in [2.24, 2.45) is 5.92 Å². The molecule has 116 valence electrons. The molecule has 0 spiro atoms. The first-order valence-corrected chi connectivity index (χ1v) is 6.52. The van der Waals surface area contributed by atoms with Gasteiger partial charge in [0.05, 0.1) is 13.0 Å². The lowest BCUT2D eigenvalue weighted by molar-refractivity contribution is -0.146. The van der Waals surface area contributed by atoms with E-state index in [0.717, 1.165) is 0 Å². The maximum Gasteiger partial charge on any atom is 0.329 e. The van der Waals surface area contributed by atoms with E-state index in [-0.39, 0.29) is 6.54 Å². The van der Waals surface area contributed by atoms with Crippen LogP contribution in [-0.4, -0.2) is 54.2 Å². The Hall–Kier alpha value is -1.79. The second-order valence-corrected chi connectivity index (χ2v) is 5.12. The zero-order valence-corrected chi connectivity index (χ0v) is 12.7. The predicted molar refractivity (Wildman–Crippen MR) is 73.3 cm³/mol. The number of carbonyl (C=O) groups is 3. The van der Waals surface area contributed by atoms with Gasteiger partial charge in [-0.05, 0) is 13.3 Å². The molecule has 0 aromatic rings. The number of carboxylic acid groups (broad SMARTS) is 1. The molecule has 7 heteroatoms. The average molecular weight is 288 g/mol. The molecule has 0 saturated heterocycles. The Bertz CT molecular complexity index is 372. The third kappa shape index (κ3) is 5.07. The minimum absolute atomic E-state index is 0.153. The van der Waals surface area contributed by atoms with Gasteiger partial charge in [0.1, 0.15) is 5.54 Å². The van der Waals surface area contributed by atoms with E-state index in [0.29, 0.717) is 12.8 Å². The molecule has 0 heterocycles. The van der Waals surface area contributed by atoms with Gasteiger partial charge in [0.25, 0.3) is 0 Å². The molecule has 7 nitrogen and oxygen atoms in total. The summed E-state index contributed by atoms with van der Waals surface area (Å²) in [5.41, 5.74) is -1.31. The number of nitrogens with zero attached hydrogens (tertiary/aromatic N) is 1. The number of aliphatic carboxylic acids is 1. The summed E-state index contributed by atoms with van der Waals surface area (Å²) < 4.78 is 4.58. The van der Waals surface area contributed by atoms with E-state index in [4.69, 9.17) is 0 Å². The summed E-state index contributed by atoms with van der Waals surface area (Å²) in [5, 5.41) is 11.7. The minimum atomic E-state index is -1.31. The summed E-state index contributed by atoms with van der Waals surface area (Å²) >= 11 is 0. The molecule has 2 amide bonds. The topological polar surface area (TPSA) is 95.9 Å². The number of hydrogen-bond acceptors (Lipinski definition) is 4. The number of rotatable bonds is 7. The molecule has 0 aliphatic heterocycles. The molecule has 0 aromatic heterocycles. The van der Waals surface area contributed by atoms with Crippen molar-refractivity contribution in [3.05, 3.63) is 0 Å². The van der Waals surface area contributed by atoms with Gasteiger partial charge in [0.2, 0.25) is 0 Å². The second kappa shape index (κ2) is 7.72. The molecule has 0 saturated carbocycles. The Balaban J connectivity index is 4.66. The quantitative estimate of drug-likeness (QED) is 0.683. The summed E-state index contributed by atoms with van der Waals surface area (Å²) in [6, 6.07) is -0.529. The van der Waals surface area contributed by atoms with Crippen LogP contribution in [0.2, 0.25) is 0 Å². The Morgan fingerprint density at radius 1 is 1.40 bits per heavy atom. The predicted octanol–water partition coefficient (Wildman–Crippen LogP) is 1.08. The summed E-state index contributed by atoms with van der Waals surface area (Å²) in [4.78, 5) is 35.8. The maximum atomic E-state index is 12.0. The Morgan fingerprint density at radius 2 is 1.95 bits per heavy atom. The third-order valence-corrected chi connectivity index (χ3v) is 3.10. The fourth-order valence-corrected chi connectivity index (χ4v) is 1.82. The highest BCUT2D eigenvalue weighted by Gasteiger charge is 2.35. The van der Waals surface area contributed by atoms with Gasteiger partial charge in [-0.15, -0.1) is 0 Å². The van der Waals surface area contributed by atoms with Gasteiger partial charge in [-0.2, -0.15) is 0 Å². The van der Waals surface area contributed by atoms with Crippen LogP contribution in [0.5, 0.6) is 0 Å². The highest BCUT2D eigenvalue weighted by molar-refractivity contribution is 5.86. The van der Waals surface area contributed by atoms with E-state index in [2.05, 4.69) is 10.1 Å². The fourth-order valence-electron chi connectivity index (χ4n) is 1.82. The SMILES string of the molecule is CCCC(C)(NC(=O)N(C)CC(C)C(=O)OC)C(=O)O. The van der Waals surface area contributed by atoms with E-state index in [1.54, 1.807) is 6.92 Å². The Kier molecular flexibility index (Phi) is 7.02. The molecular formula is C13H24N2O5. The Morgan fingerprint density at radius 3 is 2.35 bits per heavy atom. The van der Waals surface area contributed by atoms with Crippen molar-refractivity contribution >= 4 is 18.0 Å². The van der Waals surface area contributed by atoms with Gasteiger partial charge in [0, 0.05) is 13.6 Å². The standard InChI is InChI=1S/C13H24N2O5/c1-6-7-13(3,11(17)18)14-12(19)15(4)8-9(2)10(16)20-5/h9H,6-8H2,1-5H3,(H,14,19)(H,17,18). The normalized spacial score (nSPS) is 14.8. The number of methoxy groups -OCH3 is 1. The molecule has 0 aliphatic carbocycles. The molecule has 0 rings (SSSR count). The molecule has 0 radical (unpaired) electrons. The molecule has 0 bridgehead atoms. The first kappa shape index (κ1) is 18.2. The zero-order valence-electron chi connectivity index (χ0n) is 12.7. The number of esters is 1. The summed E-state index contributed by atoms with van der Waals surface area (Å²) in [6.07, 6.45) is 0.958. The zero-order chi connectivity index (χ0) is 15.9. The van der Waals surface area contributed by atoms with Gasteiger partial charge in [-0.25, -0.2) is 9.59 Å². The van der Waals surface area contributed by atoms with Crippen molar-refractivity contribution in [1.29, 1.82) is 0 Å². The van der Waals surface area contributed by atoms with Crippen LogP contribution in [0.25, 0.3) is 0 Å². The molecule has 0 fully saturated rings. The first-order valence-electron chi connectivity index (χ1n) is 6.52. The van der Waals surface area contributed by atoms with Crippen molar-refractivity contribution < 1.29 is 24.2 Å². The lowest BCUT2D eigenvalue weighted by Crippen LogP contribution is -2.56. The van der Waals surface area contributed by atoms with Crippen molar-refractivity contribution in [2.45, 2.75) is 39.2 Å². The van der Waals surface area contributed by atoms with Crippen molar-refractivity contribution in [3.63, 3.8) is 0 Å². The maximum absolute atomic E-state index is 12.0. The highest BCUT2D eigenvalue weighted by atomic mass is 16.5. The van der Waals surface area contributed by atoms with Crippen LogP contribution in [0.3, 0.4) is 0 Å². The highest BCUT2D eigenvalue weighted by Crippen LogP contribution is 2.13. The monoisotopic (exact) mass is 288 g/mol. The summed E-state index contributed by atoms with van der Waals surface area (Å²) in [5.74, 6) is -1.97. The van der Waals surface area contributed by atoms with Gasteiger partial charge in [-0.1, -0.05) is 20.3 Å². The van der Waals surface area contributed by atoms with E-state index in [1.165, 1.54) is 26.0 Å². The number of amides is 2. The van der Waals surface area contributed by atoms with Crippen molar-refractivity contribution in [3.8, 4) is 0 Å². The molecule has 2 unspecified atom stereocenters. The number of nitrogens with one attached hydrogen (secondary N) is 1. The van der Waals surface area contributed by atoms with Gasteiger partial charge in [-0.3, -0.25) is 4.79 Å². The minimum Gasteiger partial charge on any atom is -0.480 e. The molecule has 2 atom stereocenters. The van der Waals surface area contributed by atoms with Gasteiger partial charge >= 0.3 is 18.0 Å². The molecule has 20 heavy (non-hydrogen) atoms.